The first-order valence-electron chi connectivity index (χ1n) is 10.4. The van der Waals surface area contributed by atoms with Crippen molar-refractivity contribution in [3.05, 3.63) is 64.7 Å². The summed E-state index contributed by atoms with van der Waals surface area (Å²) in [6.45, 7) is 0.898. The van der Waals surface area contributed by atoms with Crippen molar-refractivity contribution in [3.63, 3.8) is 0 Å². The van der Waals surface area contributed by atoms with Crippen molar-refractivity contribution in [2.45, 2.75) is 50.5 Å². The van der Waals surface area contributed by atoms with E-state index in [0.717, 1.165) is 18.2 Å². The van der Waals surface area contributed by atoms with Crippen LogP contribution in [0.25, 0.3) is 0 Å². The maximum Gasteiger partial charge on any atom is 0.469 e. The van der Waals surface area contributed by atoms with E-state index in [2.05, 4.69) is 4.52 Å². The molecule has 0 fully saturated rings. The van der Waals surface area contributed by atoms with Crippen LogP contribution in [0.1, 0.15) is 42.0 Å². The average Bonchev–Trinajstić information content (AvgIpc) is 2.73. The van der Waals surface area contributed by atoms with Gasteiger partial charge in [0, 0.05) is 5.54 Å². The normalized spacial score (nSPS) is 14.6. The minimum absolute atomic E-state index is 0.0793. The minimum atomic E-state index is -4.73. The lowest BCUT2D eigenvalue weighted by atomic mass is 9.94. The lowest BCUT2D eigenvalue weighted by Crippen LogP contribution is -2.41. The van der Waals surface area contributed by atoms with Gasteiger partial charge in [0.15, 0.2) is 0 Å². The number of alkyl halides is 6. The Morgan fingerprint density at radius 2 is 1.51 bits per heavy atom. The second kappa shape index (κ2) is 11.3. The predicted molar refractivity (Wildman–Crippen MR) is 116 cm³/mol. The van der Waals surface area contributed by atoms with Crippen LogP contribution in [-0.2, 0) is 34.3 Å². The van der Waals surface area contributed by atoms with Crippen molar-refractivity contribution in [2.75, 3.05) is 13.2 Å². The van der Waals surface area contributed by atoms with Crippen molar-refractivity contribution in [1.82, 2.24) is 0 Å². The van der Waals surface area contributed by atoms with Gasteiger partial charge in [-0.25, -0.2) is 4.57 Å². The summed E-state index contributed by atoms with van der Waals surface area (Å²) in [6.07, 6.45) is -8.35. The lowest BCUT2D eigenvalue weighted by molar-refractivity contribution is -0.139. The maximum absolute atomic E-state index is 13.6. The van der Waals surface area contributed by atoms with Gasteiger partial charge in [0.25, 0.3) is 0 Å². The highest BCUT2D eigenvalue weighted by molar-refractivity contribution is 7.46. The summed E-state index contributed by atoms with van der Waals surface area (Å²) < 4.78 is 99.0. The highest BCUT2D eigenvalue weighted by Crippen LogP contribution is 2.38. The maximum atomic E-state index is 13.6. The molecule has 2 aromatic carbocycles. The van der Waals surface area contributed by atoms with E-state index in [0.29, 0.717) is 17.5 Å². The number of aryl methyl sites for hydroxylation is 2. The number of ether oxygens (including phenoxy) is 1. The van der Waals surface area contributed by atoms with Gasteiger partial charge in [-0.05, 0) is 68.0 Å². The first-order chi connectivity index (χ1) is 16.0. The Morgan fingerprint density at radius 1 is 0.914 bits per heavy atom. The highest BCUT2D eigenvalue weighted by Gasteiger charge is 2.35. The smallest absolute Gasteiger partial charge is 0.469 e. The number of phosphoric acid groups is 1. The second-order valence-electron chi connectivity index (χ2n) is 8.39. The molecule has 6 nitrogen and oxygen atoms in total. The molecule has 0 radical (unpaired) electrons. The topological polar surface area (TPSA) is 102 Å². The SMILES string of the molecule is CC(N)(CCc1ccc(OCCCc2ccc(C(F)(F)F)cc2)c(C(F)(F)F)c1)COP(=O)(O)O. The summed E-state index contributed by atoms with van der Waals surface area (Å²) in [6, 6.07) is 8.05. The Bertz CT molecular complexity index is 1020. The lowest BCUT2D eigenvalue weighted by Gasteiger charge is -2.24. The predicted octanol–water partition coefficient (Wildman–Crippen LogP) is 5.50. The van der Waals surface area contributed by atoms with Crippen LogP contribution < -0.4 is 10.5 Å². The van der Waals surface area contributed by atoms with Crippen molar-refractivity contribution in [1.29, 1.82) is 0 Å². The van der Waals surface area contributed by atoms with Gasteiger partial charge in [0.1, 0.15) is 5.75 Å². The van der Waals surface area contributed by atoms with Gasteiger partial charge < -0.3 is 20.3 Å². The summed E-state index contributed by atoms with van der Waals surface area (Å²) in [5.41, 5.74) is 3.85. The molecule has 0 aliphatic rings. The van der Waals surface area contributed by atoms with Crippen LogP contribution in [0.3, 0.4) is 0 Å². The summed E-state index contributed by atoms with van der Waals surface area (Å²) in [4.78, 5) is 17.5. The van der Waals surface area contributed by atoms with Crippen LogP contribution in [0.15, 0.2) is 42.5 Å². The van der Waals surface area contributed by atoms with E-state index in [9.17, 15) is 30.9 Å². The molecule has 0 aliphatic carbocycles. The van der Waals surface area contributed by atoms with E-state index in [1.54, 1.807) is 0 Å². The van der Waals surface area contributed by atoms with Crippen LogP contribution >= 0.6 is 7.82 Å². The number of halogens is 6. The van der Waals surface area contributed by atoms with Crippen molar-refractivity contribution in [3.8, 4) is 5.75 Å². The van der Waals surface area contributed by atoms with Crippen LogP contribution in [0.5, 0.6) is 5.75 Å². The first-order valence-corrected chi connectivity index (χ1v) is 12.0. The summed E-state index contributed by atoms with van der Waals surface area (Å²) >= 11 is 0. The molecular formula is C22H26F6NO5P. The zero-order valence-electron chi connectivity index (χ0n) is 18.7. The molecule has 0 saturated heterocycles. The van der Waals surface area contributed by atoms with Gasteiger partial charge in [0.05, 0.1) is 24.3 Å². The van der Waals surface area contributed by atoms with Crippen molar-refractivity contribution >= 4 is 7.82 Å². The summed E-state index contributed by atoms with van der Waals surface area (Å²) in [5, 5.41) is 0. The molecule has 2 aromatic rings. The molecule has 0 bridgehead atoms. The van der Waals surface area contributed by atoms with Crippen molar-refractivity contribution < 1.29 is 50.0 Å². The van der Waals surface area contributed by atoms with E-state index in [1.807, 2.05) is 0 Å². The fourth-order valence-corrected chi connectivity index (χ4v) is 3.60. The quantitative estimate of drug-likeness (QED) is 0.202. The van der Waals surface area contributed by atoms with Crippen molar-refractivity contribution in [2.24, 2.45) is 5.73 Å². The molecule has 35 heavy (non-hydrogen) atoms. The second-order valence-corrected chi connectivity index (χ2v) is 9.63. The summed E-state index contributed by atoms with van der Waals surface area (Å²) in [7, 11) is -4.73. The average molecular weight is 529 g/mol. The molecule has 0 saturated carbocycles. The third-order valence-electron chi connectivity index (χ3n) is 5.05. The molecule has 2 rings (SSSR count). The van der Waals surface area contributed by atoms with E-state index in [-0.39, 0.29) is 31.6 Å². The standard InChI is InChI=1S/C22H26F6NO5P/c1-20(29,14-34-35(30,31)32)11-10-16-6-9-19(18(13-16)22(26,27)28)33-12-2-3-15-4-7-17(8-5-15)21(23,24)25/h4-9,13H,2-3,10-12,14,29H2,1H3,(H2,30,31,32). The molecule has 0 spiro atoms. The van der Waals surface area contributed by atoms with Crippen LogP contribution in [0, 0.1) is 0 Å². The molecule has 13 heteroatoms. The van der Waals surface area contributed by atoms with Gasteiger partial charge >= 0.3 is 20.2 Å². The molecule has 0 amide bonds. The number of rotatable bonds is 11. The van der Waals surface area contributed by atoms with Gasteiger partial charge in [-0.15, -0.1) is 0 Å². The summed E-state index contributed by atoms with van der Waals surface area (Å²) in [5.74, 6) is -0.381. The molecule has 1 atom stereocenters. The first kappa shape index (κ1) is 29.1. The minimum Gasteiger partial charge on any atom is -0.493 e. The molecule has 0 aromatic heterocycles. The molecule has 1 unspecified atom stereocenters. The third-order valence-corrected chi connectivity index (χ3v) is 5.51. The van der Waals surface area contributed by atoms with E-state index in [4.69, 9.17) is 20.3 Å². The molecule has 0 aliphatic heterocycles. The van der Waals surface area contributed by atoms with Gasteiger partial charge in [0.2, 0.25) is 0 Å². The largest absolute Gasteiger partial charge is 0.493 e. The van der Waals surface area contributed by atoms with Crippen LogP contribution in [0.4, 0.5) is 26.3 Å². The Kier molecular flexibility index (Phi) is 9.40. The molecule has 196 valence electrons. The van der Waals surface area contributed by atoms with Crippen LogP contribution in [-0.4, -0.2) is 28.5 Å². The zero-order chi connectivity index (χ0) is 26.5. The van der Waals surface area contributed by atoms with Gasteiger partial charge in [-0.3, -0.25) is 4.52 Å². The number of phosphoric ester groups is 1. The molecule has 4 N–H and O–H groups in total. The number of nitrogens with two attached hydrogens (primary N) is 1. The van der Waals surface area contributed by atoms with E-state index >= 15 is 0 Å². The van der Waals surface area contributed by atoms with E-state index < -0.39 is 43.4 Å². The Labute approximate surface area is 198 Å². The molecular weight excluding hydrogens is 503 g/mol. The fourth-order valence-electron chi connectivity index (χ4n) is 3.13. The zero-order valence-corrected chi connectivity index (χ0v) is 19.6. The highest BCUT2D eigenvalue weighted by atomic mass is 31.2. The number of benzene rings is 2. The third kappa shape index (κ3) is 10.2. The monoisotopic (exact) mass is 529 g/mol. The van der Waals surface area contributed by atoms with Gasteiger partial charge in [-0.1, -0.05) is 18.2 Å². The van der Waals surface area contributed by atoms with Gasteiger partial charge in [-0.2, -0.15) is 26.3 Å². The van der Waals surface area contributed by atoms with Crippen LogP contribution in [0.2, 0.25) is 0 Å². The fraction of sp³-hybridized carbons (Fsp3) is 0.455. The Balaban J connectivity index is 1.97. The van der Waals surface area contributed by atoms with E-state index in [1.165, 1.54) is 31.2 Å². The molecule has 0 heterocycles. The Hall–Kier alpha value is -2.11. The number of hydrogen-bond acceptors (Lipinski definition) is 4. The Morgan fingerprint density at radius 3 is 2.06 bits per heavy atom. The number of hydrogen-bond donors (Lipinski definition) is 3.